The molecular weight excluding hydrogens is 446 g/mol. The van der Waals surface area contributed by atoms with E-state index in [2.05, 4.69) is 17.4 Å². The zero-order valence-electron chi connectivity index (χ0n) is 20.9. The van der Waals surface area contributed by atoms with E-state index in [1.807, 2.05) is 62.3 Å². The second-order valence-electron chi connectivity index (χ2n) is 9.23. The molecule has 188 valence electrons. The van der Waals surface area contributed by atoms with Crippen LogP contribution in [0.25, 0.3) is 11.1 Å². The van der Waals surface area contributed by atoms with Crippen LogP contribution in [0.15, 0.2) is 48.5 Å². The lowest BCUT2D eigenvalue weighted by Crippen LogP contribution is -2.53. The molecule has 35 heavy (non-hydrogen) atoms. The van der Waals surface area contributed by atoms with Crippen molar-refractivity contribution in [1.29, 1.82) is 0 Å². The molecule has 8 nitrogen and oxygen atoms in total. The van der Waals surface area contributed by atoms with Crippen LogP contribution in [-0.4, -0.2) is 78.8 Å². The molecule has 0 radical (unpaired) electrons. The Morgan fingerprint density at radius 1 is 1.03 bits per heavy atom. The molecule has 2 aromatic rings. The maximum atomic E-state index is 13.3. The van der Waals surface area contributed by atoms with Crippen LogP contribution in [0.2, 0.25) is 0 Å². The minimum absolute atomic E-state index is 0.0901. The predicted octanol–water partition coefficient (Wildman–Crippen LogP) is 3.56. The average molecular weight is 482 g/mol. The summed E-state index contributed by atoms with van der Waals surface area (Å²) in [4.78, 5) is 40.7. The lowest BCUT2D eigenvalue weighted by molar-refractivity contribution is -0.147. The highest BCUT2D eigenvalue weighted by Crippen LogP contribution is 2.44. The molecule has 0 aliphatic heterocycles. The van der Waals surface area contributed by atoms with E-state index in [0.717, 1.165) is 22.3 Å². The van der Waals surface area contributed by atoms with Gasteiger partial charge in [0.1, 0.15) is 19.2 Å². The van der Waals surface area contributed by atoms with E-state index >= 15 is 0 Å². The number of fused-ring (bicyclic) bond motifs is 3. The molecule has 2 amide bonds. The highest BCUT2D eigenvalue weighted by Gasteiger charge is 2.32. The first-order valence-electron chi connectivity index (χ1n) is 12.0. The summed E-state index contributed by atoms with van der Waals surface area (Å²) in [5.74, 6) is -1.60. The Balaban J connectivity index is 1.72. The molecule has 0 fully saturated rings. The maximum Gasteiger partial charge on any atom is 0.407 e. The van der Waals surface area contributed by atoms with Crippen molar-refractivity contribution in [2.24, 2.45) is 0 Å². The van der Waals surface area contributed by atoms with Crippen LogP contribution in [-0.2, 0) is 14.3 Å². The van der Waals surface area contributed by atoms with E-state index in [0.29, 0.717) is 19.4 Å². The number of nitrogens with zero attached hydrogens (tertiary/aromatic N) is 2. The van der Waals surface area contributed by atoms with Crippen LogP contribution in [0.1, 0.15) is 43.7 Å². The number of carbonyl (C=O) groups is 3. The number of rotatable bonds is 11. The molecule has 0 spiro atoms. The second kappa shape index (κ2) is 11.8. The fourth-order valence-corrected chi connectivity index (χ4v) is 4.44. The zero-order chi connectivity index (χ0) is 25.5. The topological polar surface area (TPSA) is 99.2 Å². The summed E-state index contributed by atoms with van der Waals surface area (Å²) in [6.45, 7) is 3.95. The molecule has 2 aromatic carbocycles. The molecule has 2 atom stereocenters. The van der Waals surface area contributed by atoms with Gasteiger partial charge >= 0.3 is 12.1 Å². The lowest BCUT2D eigenvalue weighted by atomic mass is 9.98. The predicted molar refractivity (Wildman–Crippen MR) is 134 cm³/mol. The number of nitrogens with one attached hydrogen (secondary N) is 1. The molecule has 0 saturated heterocycles. The third-order valence-corrected chi connectivity index (χ3v) is 6.51. The highest BCUT2D eigenvalue weighted by molar-refractivity contribution is 5.88. The van der Waals surface area contributed by atoms with Crippen molar-refractivity contribution < 1.29 is 24.2 Å². The van der Waals surface area contributed by atoms with Gasteiger partial charge in [-0.3, -0.25) is 9.59 Å². The summed E-state index contributed by atoms with van der Waals surface area (Å²) in [5.41, 5.74) is 4.47. The minimum Gasteiger partial charge on any atom is -0.480 e. The number of aliphatic carboxylic acids is 1. The van der Waals surface area contributed by atoms with Crippen molar-refractivity contribution in [3.05, 3.63) is 59.7 Å². The monoisotopic (exact) mass is 481 g/mol. The van der Waals surface area contributed by atoms with Gasteiger partial charge in [0.2, 0.25) is 5.91 Å². The molecule has 8 heteroatoms. The summed E-state index contributed by atoms with van der Waals surface area (Å²) in [6, 6.07) is 15.0. The van der Waals surface area contributed by atoms with Gasteiger partial charge in [0.15, 0.2) is 0 Å². The quantitative estimate of drug-likeness (QED) is 0.509. The summed E-state index contributed by atoms with van der Waals surface area (Å²) in [7, 11) is 3.75. The molecule has 0 heterocycles. The molecule has 2 N–H and O–H groups in total. The van der Waals surface area contributed by atoms with Crippen LogP contribution in [0.4, 0.5) is 4.79 Å². The number of alkyl carbamates (subject to hydrolysis) is 1. The highest BCUT2D eigenvalue weighted by atomic mass is 16.5. The van der Waals surface area contributed by atoms with Crippen molar-refractivity contribution in [3.63, 3.8) is 0 Å². The number of ether oxygens (including phenoxy) is 1. The van der Waals surface area contributed by atoms with Gasteiger partial charge in [-0.2, -0.15) is 0 Å². The first-order chi connectivity index (χ1) is 16.7. The third kappa shape index (κ3) is 6.39. The molecule has 0 saturated carbocycles. The molecule has 1 aliphatic carbocycles. The number of benzene rings is 2. The minimum atomic E-state index is -1.09. The molecular formula is C27H35N3O5. The number of carboxylic acid groups (broad SMARTS) is 1. The number of amides is 2. The van der Waals surface area contributed by atoms with Crippen LogP contribution in [0.3, 0.4) is 0 Å². The van der Waals surface area contributed by atoms with Crippen molar-refractivity contribution in [1.82, 2.24) is 15.1 Å². The number of carbonyl (C=O) groups excluding carboxylic acids is 2. The standard InChI is InChI=1S/C27H35N3O5/c1-5-18(2)30(16-25(31)32)26(33)24(14-15-29(3)4)28-27(34)35-17-23-21-12-8-6-10-19(21)20-11-7-9-13-22(20)23/h6-13,18,23-24H,5,14-17H2,1-4H3,(H,28,34)(H,31,32). The van der Waals surface area contributed by atoms with E-state index < -0.39 is 30.6 Å². The van der Waals surface area contributed by atoms with Crippen molar-refractivity contribution in [2.75, 3.05) is 33.8 Å². The van der Waals surface area contributed by atoms with E-state index in [-0.39, 0.29) is 18.6 Å². The molecule has 0 aromatic heterocycles. The Kier molecular flexibility index (Phi) is 8.87. The largest absolute Gasteiger partial charge is 0.480 e. The van der Waals surface area contributed by atoms with E-state index in [4.69, 9.17) is 4.74 Å². The first kappa shape index (κ1) is 26.2. The summed E-state index contributed by atoms with van der Waals surface area (Å²) in [5, 5.41) is 12.0. The SMILES string of the molecule is CCC(C)N(CC(=O)O)C(=O)C(CCN(C)C)NC(=O)OCC1c2ccccc2-c2ccccc21. The van der Waals surface area contributed by atoms with E-state index in [9.17, 15) is 19.5 Å². The normalized spacial score (nSPS) is 14.1. The fourth-order valence-electron chi connectivity index (χ4n) is 4.44. The van der Waals surface area contributed by atoms with Gasteiger partial charge in [-0.15, -0.1) is 0 Å². The Labute approximate surface area is 206 Å². The van der Waals surface area contributed by atoms with Crippen LogP contribution in [0, 0.1) is 0 Å². The van der Waals surface area contributed by atoms with Gasteiger partial charge in [-0.25, -0.2) is 4.79 Å². The van der Waals surface area contributed by atoms with Gasteiger partial charge in [0.25, 0.3) is 0 Å². The number of hydrogen-bond donors (Lipinski definition) is 2. The number of hydrogen-bond acceptors (Lipinski definition) is 5. The van der Waals surface area contributed by atoms with Gasteiger partial charge < -0.3 is 25.0 Å². The van der Waals surface area contributed by atoms with E-state index in [1.54, 1.807) is 6.92 Å². The van der Waals surface area contributed by atoms with Crippen LogP contribution >= 0.6 is 0 Å². The molecule has 2 unspecified atom stereocenters. The Morgan fingerprint density at radius 3 is 2.11 bits per heavy atom. The molecule has 3 rings (SSSR count). The van der Waals surface area contributed by atoms with Crippen molar-refractivity contribution in [3.8, 4) is 11.1 Å². The average Bonchev–Trinajstić information content (AvgIpc) is 3.16. The van der Waals surface area contributed by atoms with Gasteiger partial charge in [-0.1, -0.05) is 55.5 Å². The number of carboxylic acids is 1. The van der Waals surface area contributed by atoms with Crippen molar-refractivity contribution in [2.45, 2.75) is 44.7 Å². The van der Waals surface area contributed by atoms with Crippen molar-refractivity contribution >= 4 is 18.0 Å². The molecule has 1 aliphatic rings. The second-order valence-corrected chi connectivity index (χ2v) is 9.23. The Hall–Kier alpha value is -3.39. The molecule has 0 bridgehead atoms. The Bertz CT molecular complexity index is 1010. The fraction of sp³-hybridized carbons (Fsp3) is 0.444. The van der Waals surface area contributed by atoms with Gasteiger partial charge in [0, 0.05) is 12.0 Å². The summed E-state index contributed by atoms with van der Waals surface area (Å²) >= 11 is 0. The Morgan fingerprint density at radius 2 is 1.60 bits per heavy atom. The van der Waals surface area contributed by atoms with Crippen LogP contribution < -0.4 is 5.32 Å². The van der Waals surface area contributed by atoms with Crippen LogP contribution in [0.5, 0.6) is 0 Å². The summed E-state index contributed by atoms with van der Waals surface area (Å²) < 4.78 is 5.62. The zero-order valence-corrected chi connectivity index (χ0v) is 20.9. The van der Waals surface area contributed by atoms with E-state index in [1.165, 1.54) is 4.90 Å². The maximum absolute atomic E-state index is 13.3. The summed E-state index contributed by atoms with van der Waals surface area (Å²) in [6.07, 6.45) is 0.246. The smallest absolute Gasteiger partial charge is 0.407 e. The lowest BCUT2D eigenvalue weighted by Gasteiger charge is -2.31. The van der Waals surface area contributed by atoms with Gasteiger partial charge in [0.05, 0.1) is 0 Å². The first-order valence-corrected chi connectivity index (χ1v) is 12.0. The third-order valence-electron chi connectivity index (χ3n) is 6.51. The van der Waals surface area contributed by atoms with Gasteiger partial charge in [-0.05, 0) is 62.7 Å².